The van der Waals surface area contributed by atoms with Gasteiger partial charge in [-0.15, -0.1) is 0 Å². The third-order valence-electron chi connectivity index (χ3n) is 2.84. The van der Waals surface area contributed by atoms with Crippen LogP contribution in [0.1, 0.15) is 33.3 Å². The van der Waals surface area contributed by atoms with E-state index in [-0.39, 0.29) is 12.4 Å². The summed E-state index contributed by atoms with van der Waals surface area (Å²) in [6.45, 7) is 7.20. The molecule has 0 aliphatic carbocycles. The lowest BCUT2D eigenvalue weighted by Gasteiger charge is -2.25. The van der Waals surface area contributed by atoms with E-state index in [1.807, 2.05) is 0 Å². The van der Waals surface area contributed by atoms with Crippen molar-refractivity contribution in [2.45, 2.75) is 39.7 Å². The van der Waals surface area contributed by atoms with Crippen molar-refractivity contribution in [2.75, 3.05) is 6.54 Å². The van der Waals surface area contributed by atoms with Gasteiger partial charge in [-0.05, 0) is 44.9 Å². The second-order valence-corrected chi connectivity index (χ2v) is 6.43. The number of aldehydes is 1. The van der Waals surface area contributed by atoms with Crippen molar-refractivity contribution in [2.24, 2.45) is 5.41 Å². The van der Waals surface area contributed by atoms with Crippen molar-refractivity contribution >= 4 is 12.4 Å². The summed E-state index contributed by atoms with van der Waals surface area (Å²) < 4.78 is 18.0. The highest BCUT2D eigenvalue weighted by molar-refractivity contribution is 5.69. The Morgan fingerprint density at radius 3 is 2.29 bits per heavy atom. The Labute approximate surface area is 124 Å². The molecule has 1 aromatic rings. The number of benzene rings is 1. The number of carbonyl (C=O) groups excluding carboxylic acids is 2. The molecule has 0 saturated carbocycles. The molecule has 1 amide bonds. The number of halogens is 1. The van der Waals surface area contributed by atoms with E-state index in [1.165, 1.54) is 12.1 Å². The molecule has 0 bridgehead atoms. The lowest BCUT2D eigenvalue weighted by molar-refractivity contribution is -0.115. The van der Waals surface area contributed by atoms with Crippen LogP contribution in [0.4, 0.5) is 9.18 Å². The first-order chi connectivity index (χ1) is 9.63. The van der Waals surface area contributed by atoms with E-state index < -0.39 is 17.1 Å². The number of nitrogens with one attached hydrogen (secondary N) is 1. The van der Waals surface area contributed by atoms with E-state index in [1.54, 1.807) is 39.8 Å². The molecule has 21 heavy (non-hydrogen) atoms. The number of alkyl carbamates (subject to hydrolysis) is 1. The molecule has 0 radical (unpaired) electrons. The summed E-state index contributed by atoms with van der Waals surface area (Å²) in [7, 11) is 0. The van der Waals surface area contributed by atoms with Crippen LogP contribution >= 0.6 is 0 Å². The first-order valence-corrected chi connectivity index (χ1v) is 6.81. The van der Waals surface area contributed by atoms with E-state index in [0.29, 0.717) is 6.42 Å². The van der Waals surface area contributed by atoms with Crippen LogP contribution in [0.15, 0.2) is 24.3 Å². The zero-order valence-corrected chi connectivity index (χ0v) is 12.9. The fourth-order valence-corrected chi connectivity index (χ4v) is 1.80. The number of rotatable bonds is 5. The SMILES string of the molecule is CC(C=O)(CNC(=O)OC(C)(C)C)Cc1ccc(F)cc1. The highest BCUT2D eigenvalue weighted by atomic mass is 19.1. The fraction of sp³-hybridized carbons (Fsp3) is 0.500. The Hall–Kier alpha value is -1.91. The number of hydrogen-bond acceptors (Lipinski definition) is 3. The van der Waals surface area contributed by atoms with Crippen molar-refractivity contribution in [3.8, 4) is 0 Å². The van der Waals surface area contributed by atoms with E-state index in [4.69, 9.17) is 4.74 Å². The molecule has 0 aromatic heterocycles. The molecular weight excluding hydrogens is 273 g/mol. The summed E-state index contributed by atoms with van der Waals surface area (Å²) in [5.74, 6) is -0.321. The summed E-state index contributed by atoms with van der Waals surface area (Å²) in [5, 5.41) is 2.60. The second kappa shape index (κ2) is 6.70. The van der Waals surface area contributed by atoms with E-state index in [9.17, 15) is 14.0 Å². The van der Waals surface area contributed by atoms with Gasteiger partial charge in [0.1, 0.15) is 17.7 Å². The molecule has 0 aliphatic rings. The minimum atomic E-state index is -0.769. The van der Waals surface area contributed by atoms with Gasteiger partial charge in [-0.2, -0.15) is 0 Å². The van der Waals surface area contributed by atoms with Gasteiger partial charge >= 0.3 is 6.09 Å². The molecule has 0 heterocycles. The maximum atomic E-state index is 12.9. The monoisotopic (exact) mass is 295 g/mol. The number of amides is 1. The summed E-state index contributed by atoms with van der Waals surface area (Å²) in [6.07, 6.45) is 0.648. The minimum Gasteiger partial charge on any atom is -0.444 e. The molecule has 1 aromatic carbocycles. The van der Waals surface area contributed by atoms with Gasteiger partial charge < -0.3 is 14.8 Å². The molecule has 0 saturated heterocycles. The normalized spacial score (nSPS) is 14.1. The quantitative estimate of drug-likeness (QED) is 0.849. The van der Waals surface area contributed by atoms with Gasteiger partial charge in [0.2, 0.25) is 0 Å². The van der Waals surface area contributed by atoms with Gasteiger partial charge in [0.05, 0.1) is 0 Å². The Morgan fingerprint density at radius 2 is 1.81 bits per heavy atom. The Bertz CT molecular complexity index is 493. The van der Waals surface area contributed by atoms with Crippen LogP contribution in [0.25, 0.3) is 0 Å². The highest BCUT2D eigenvalue weighted by Gasteiger charge is 2.26. The number of carbonyl (C=O) groups is 2. The molecule has 0 aliphatic heterocycles. The molecular formula is C16H22FNO3. The van der Waals surface area contributed by atoms with Crippen LogP contribution in [0.3, 0.4) is 0 Å². The maximum absolute atomic E-state index is 12.9. The van der Waals surface area contributed by atoms with Gasteiger partial charge in [0.15, 0.2) is 0 Å². The fourth-order valence-electron chi connectivity index (χ4n) is 1.80. The topological polar surface area (TPSA) is 55.4 Å². The van der Waals surface area contributed by atoms with Crippen LogP contribution in [0.2, 0.25) is 0 Å². The smallest absolute Gasteiger partial charge is 0.407 e. The predicted octanol–water partition coefficient (Wildman–Crippen LogP) is 3.10. The largest absolute Gasteiger partial charge is 0.444 e. The van der Waals surface area contributed by atoms with Crippen LogP contribution < -0.4 is 5.32 Å². The lowest BCUT2D eigenvalue weighted by atomic mass is 9.85. The molecule has 5 heteroatoms. The maximum Gasteiger partial charge on any atom is 0.407 e. The van der Waals surface area contributed by atoms with Crippen LogP contribution in [-0.2, 0) is 16.0 Å². The Morgan fingerprint density at radius 1 is 1.24 bits per heavy atom. The summed E-state index contributed by atoms with van der Waals surface area (Å²) in [6, 6.07) is 5.96. The average molecular weight is 295 g/mol. The summed E-state index contributed by atoms with van der Waals surface area (Å²) >= 11 is 0. The van der Waals surface area contributed by atoms with E-state index in [2.05, 4.69) is 5.32 Å². The lowest BCUT2D eigenvalue weighted by Crippen LogP contribution is -2.40. The van der Waals surface area contributed by atoms with Crippen LogP contribution in [0, 0.1) is 11.2 Å². The van der Waals surface area contributed by atoms with Gasteiger partial charge in [-0.25, -0.2) is 9.18 Å². The van der Waals surface area contributed by atoms with Crippen molar-refractivity contribution in [3.63, 3.8) is 0 Å². The molecule has 0 spiro atoms. The third kappa shape index (κ3) is 6.38. The van der Waals surface area contributed by atoms with Gasteiger partial charge in [0.25, 0.3) is 0 Å². The first-order valence-electron chi connectivity index (χ1n) is 6.81. The van der Waals surface area contributed by atoms with Gasteiger partial charge in [-0.1, -0.05) is 19.1 Å². The second-order valence-electron chi connectivity index (χ2n) is 6.43. The molecule has 1 N–H and O–H groups in total. The average Bonchev–Trinajstić information content (AvgIpc) is 2.37. The van der Waals surface area contributed by atoms with E-state index >= 15 is 0 Å². The minimum absolute atomic E-state index is 0.156. The van der Waals surface area contributed by atoms with Crippen molar-refractivity contribution in [3.05, 3.63) is 35.6 Å². The highest BCUT2D eigenvalue weighted by Crippen LogP contribution is 2.20. The number of ether oxygens (including phenoxy) is 1. The third-order valence-corrected chi connectivity index (χ3v) is 2.84. The standard InChI is InChI=1S/C16H22FNO3/c1-15(2,3)21-14(20)18-10-16(4,11-19)9-12-5-7-13(17)8-6-12/h5-8,11H,9-10H2,1-4H3,(H,18,20). The zero-order valence-electron chi connectivity index (χ0n) is 12.9. The van der Waals surface area contributed by atoms with Crippen LogP contribution in [-0.4, -0.2) is 24.5 Å². The first kappa shape index (κ1) is 17.1. The predicted molar refractivity (Wildman–Crippen MR) is 78.5 cm³/mol. The summed E-state index contributed by atoms with van der Waals surface area (Å²) in [4.78, 5) is 22.9. The van der Waals surface area contributed by atoms with E-state index in [0.717, 1.165) is 11.8 Å². The molecule has 1 atom stereocenters. The Balaban J connectivity index is 2.61. The molecule has 4 nitrogen and oxygen atoms in total. The summed E-state index contributed by atoms with van der Waals surface area (Å²) in [5.41, 5.74) is -0.523. The van der Waals surface area contributed by atoms with Crippen molar-refractivity contribution in [1.29, 1.82) is 0 Å². The van der Waals surface area contributed by atoms with Gasteiger partial charge in [-0.3, -0.25) is 0 Å². The molecule has 1 rings (SSSR count). The number of hydrogen-bond donors (Lipinski definition) is 1. The van der Waals surface area contributed by atoms with Crippen molar-refractivity contribution in [1.82, 2.24) is 5.32 Å². The Kier molecular flexibility index (Phi) is 5.47. The zero-order chi connectivity index (χ0) is 16.1. The molecule has 116 valence electrons. The van der Waals surface area contributed by atoms with Crippen molar-refractivity contribution < 1.29 is 18.7 Å². The molecule has 1 unspecified atom stereocenters. The van der Waals surface area contributed by atoms with Gasteiger partial charge in [0, 0.05) is 12.0 Å². The molecule has 0 fully saturated rings. The van der Waals surface area contributed by atoms with Crippen LogP contribution in [0.5, 0.6) is 0 Å².